The van der Waals surface area contributed by atoms with Crippen LogP contribution in [-0.4, -0.2) is 23.5 Å². The van der Waals surface area contributed by atoms with Crippen molar-refractivity contribution in [3.05, 3.63) is 51.5 Å². The van der Waals surface area contributed by atoms with Crippen molar-refractivity contribution in [2.75, 3.05) is 13.6 Å². The molecule has 0 aliphatic heterocycles. The van der Waals surface area contributed by atoms with Crippen molar-refractivity contribution >= 4 is 11.3 Å². The summed E-state index contributed by atoms with van der Waals surface area (Å²) in [6.07, 6.45) is 1.18. The van der Waals surface area contributed by atoms with E-state index in [4.69, 9.17) is 0 Å². The van der Waals surface area contributed by atoms with E-state index < -0.39 is 0 Å². The third-order valence-corrected chi connectivity index (χ3v) is 4.32. The molecule has 0 saturated heterocycles. The SMILES string of the molecule is CCCNCc1ccc(CN(C)Cc2cccc(C)n2)s1. The fourth-order valence-electron chi connectivity index (χ4n) is 2.28. The van der Waals surface area contributed by atoms with Crippen LogP contribution >= 0.6 is 11.3 Å². The average Bonchev–Trinajstić information content (AvgIpc) is 2.86. The van der Waals surface area contributed by atoms with Crippen LogP contribution in [0.1, 0.15) is 34.5 Å². The summed E-state index contributed by atoms with van der Waals surface area (Å²) in [5.74, 6) is 0. The lowest BCUT2D eigenvalue weighted by molar-refractivity contribution is 0.318. The second kappa shape index (κ2) is 8.27. The summed E-state index contributed by atoms with van der Waals surface area (Å²) >= 11 is 1.90. The van der Waals surface area contributed by atoms with Gasteiger partial charge < -0.3 is 5.32 Å². The van der Waals surface area contributed by atoms with Gasteiger partial charge in [0.25, 0.3) is 0 Å². The van der Waals surface area contributed by atoms with Crippen LogP contribution in [0.15, 0.2) is 30.3 Å². The number of hydrogen-bond acceptors (Lipinski definition) is 4. The summed E-state index contributed by atoms with van der Waals surface area (Å²) in [7, 11) is 2.15. The smallest absolute Gasteiger partial charge is 0.0547 e. The van der Waals surface area contributed by atoms with Crippen molar-refractivity contribution in [3.63, 3.8) is 0 Å². The molecule has 21 heavy (non-hydrogen) atoms. The first-order chi connectivity index (χ1) is 10.2. The van der Waals surface area contributed by atoms with Crippen LogP contribution in [0.25, 0.3) is 0 Å². The van der Waals surface area contributed by atoms with Gasteiger partial charge in [0.2, 0.25) is 0 Å². The van der Waals surface area contributed by atoms with Crippen LogP contribution in [0.3, 0.4) is 0 Å². The maximum absolute atomic E-state index is 4.56. The number of rotatable bonds is 8. The van der Waals surface area contributed by atoms with E-state index >= 15 is 0 Å². The van der Waals surface area contributed by atoms with Gasteiger partial charge in [0.05, 0.1) is 5.69 Å². The van der Waals surface area contributed by atoms with Crippen LogP contribution in [0.2, 0.25) is 0 Å². The van der Waals surface area contributed by atoms with Gasteiger partial charge in [-0.3, -0.25) is 9.88 Å². The van der Waals surface area contributed by atoms with Crippen LogP contribution < -0.4 is 5.32 Å². The zero-order chi connectivity index (χ0) is 15.1. The first-order valence-electron chi connectivity index (χ1n) is 7.56. The quantitative estimate of drug-likeness (QED) is 0.756. The molecule has 2 aromatic heterocycles. The zero-order valence-corrected chi connectivity index (χ0v) is 14.0. The van der Waals surface area contributed by atoms with Crippen LogP contribution in [-0.2, 0) is 19.6 Å². The number of pyridine rings is 1. The second-order valence-electron chi connectivity index (χ2n) is 5.49. The molecule has 0 saturated carbocycles. The van der Waals surface area contributed by atoms with Gasteiger partial charge in [-0.15, -0.1) is 11.3 Å². The molecule has 0 aromatic carbocycles. The third-order valence-electron chi connectivity index (χ3n) is 3.25. The van der Waals surface area contributed by atoms with Gasteiger partial charge in [0.1, 0.15) is 0 Å². The Bertz CT molecular complexity index is 550. The Hall–Kier alpha value is -1.23. The fraction of sp³-hybridized carbons (Fsp3) is 0.471. The minimum atomic E-state index is 0.892. The van der Waals surface area contributed by atoms with E-state index in [-0.39, 0.29) is 0 Å². The third kappa shape index (κ3) is 5.58. The predicted molar refractivity (Wildman–Crippen MR) is 90.5 cm³/mol. The molecule has 0 aliphatic rings. The molecule has 0 bridgehead atoms. The molecule has 4 heteroatoms. The van der Waals surface area contributed by atoms with Crippen molar-refractivity contribution in [2.45, 2.75) is 39.9 Å². The molecule has 2 aromatic rings. The summed E-state index contributed by atoms with van der Waals surface area (Å²) < 4.78 is 0. The highest BCUT2D eigenvalue weighted by molar-refractivity contribution is 7.11. The summed E-state index contributed by atoms with van der Waals surface area (Å²) in [6, 6.07) is 10.7. The van der Waals surface area contributed by atoms with Crippen molar-refractivity contribution in [1.82, 2.24) is 15.2 Å². The standard InChI is InChI=1S/C17H25N3S/c1-4-10-18-11-16-8-9-17(21-16)13-20(3)12-15-7-5-6-14(2)19-15/h5-9,18H,4,10-13H2,1-3H3. The predicted octanol–water partition coefficient (Wildman–Crippen LogP) is 3.58. The minimum absolute atomic E-state index is 0.892. The van der Waals surface area contributed by atoms with Crippen molar-refractivity contribution in [1.29, 1.82) is 0 Å². The van der Waals surface area contributed by atoms with Gasteiger partial charge in [-0.05, 0) is 51.2 Å². The minimum Gasteiger partial charge on any atom is -0.312 e. The van der Waals surface area contributed by atoms with Gasteiger partial charge >= 0.3 is 0 Å². The lowest BCUT2D eigenvalue weighted by Gasteiger charge is -2.15. The molecule has 0 atom stereocenters. The zero-order valence-electron chi connectivity index (χ0n) is 13.2. The van der Waals surface area contributed by atoms with E-state index in [9.17, 15) is 0 Å². The Morgan fingerprint density at radius 3 is 2.71 bits per heavy atom. The number of hydrogen-bond donors (Lipinski definition) is 1. The van der Waals surface area contributed by atoms with Crippen molar-refractivity contribution in [3.8, 4) is 0 Å². The largest absolute Gasteiger partial charge is 0.312 e. The molecule has 0 fully saturated rings. The lowest BCUT2D eigenvalue weighted by atomic mass is 10.3. The molecule has 0 aliphatic carbocycles. The monoisotopic (exact) mass is 303 g/mol. The first kappa shape index (κ1) is 16.1. The van der Waals surface area contributed by atoms with E-state index in [0.717, 1.165) is 37.6 Å². The Morgan fingerprint density at radius 1 is 1.14 bits per heavy atom. The highest BCUT2D eigenvalue weighted by Gasteiger charge is 2.06. The summed E-state index contributed by atoms with van der Waals surface area (Å²) in [4.78, 5) is 9.71. The molecule has 1 N–H and O–H groups in total. The van der Waals surface area contributed by atoms with E-state index in [1.54, 1.807) is 0 Å². The summed E-state index contributed by atoms with van der Waals surface area (Å²) in [6.45, 7) is 8.18. The number of aromatic nitrogens is 1. The highest BCUT2D eigenvalue weighted by Crippen LogP contribution is 2.18. The topological polar surface area (TPSA) is 28.2 Å². The van der Waals surface area contributed by atoms with E-state index in [0.29, 0.717) is 0 Å². The van der Waals surface area contributed by atoms with Crippen LogP contribution in [0, 0.1) is 6.92 Å². The molecule has 0 radical (unpaired) electrons. The average molecular weight is 303 g/mol. The Morgan fingerprint density at radius 2 is 1.95 bits per heavy atom. The van der Waals surface area contributed by atoms with Crippen LogP contribution in [0.5, 0.6) is 0 Å². The number of nitrogens with one attached hydrogen (secondary N) is 1. The normalized spacial score (nSPS) is 11.2. The molecular weight excluding hydrogens is 278 g/mol. The van der Waals surface area contributed by atoms with E-state index in [1.807, 2.05) is 24.3 Å². The molecule has 0 amide bonds. The molecule has 0 spiro atoms. The molecule has 114 valence electrons. The van der Waals surface area contributed by atoms with Crippen LogP contribution in [0.4, 0.5) is 0 Å². The molecule has 2 heterocycles. The maximum Gasteiger partial charge on any atom is 0.0547 e. The first-order valence-corrected chi connectivity index (χ1v) is 8.38. The number of aryl methyl sites for hydroxylation is 1. The molecule has 2 rings (SSSR count). The van der Waals surface area contributed by atoms with Gasteiger partial charge in [-0.1, -0.05) is 13.0 Å². The van der Waals surface area contributed by atoms with E-state index in [1.165, 1.54) is 16.2 Å². The Kier molecular flexibility index (Phi) is 6.36. The second-order valence-corrected chi connectivity index (χ2v) is 6.74. The highest BCUT2D eigenvalue weighted by atomic mass is 32.1. The van der Waals surface area contributed by atoms with Gasteiger partial charge in [0.15, 0.2) is 0 Å². The lowest BCUT2D eigenvalue weighted by Crippen LogP contribution is -2.17. The summed E-state index contributed by atoms with van der Waals surface area (Å²) in [5, 5.41) is 3.45. The van der Waals surface area contributed by atoms with Gasteiger partial charge in [-0.25, -0.2) is 0 Å². The molecular formula is C17H25N3S. The fourth-order valence-corrected chi connectivity index (χ4v) is 3.34. The molecule has 0 unspecified atom stereocenters. The Balaban J connectivity index is 1.83. The van der Waals surface area contributed by atoms with Gasteiger partial charge in [-0.2, -0.15) is 0 Å². The van der Waals surface area contributed by atoms with Crippen molar-refractivity contribution in [2.24, 2.45) is 0 Å². The summed E-state index contributed by atoms with van der Waals surface area (Å²) in [5.41, 5.74) is 2.22. The van der Waals surface area contributed by atoms with Gasteiger partial charge in [0, 0.05) is 35.1 Å². The Labute approximate surface area is 132 Å². The maximum atomic E-state index is 4.56. The van der Waals surface area contributed by atoms with E-state index in [2.05, 4.69) is 53.4 Å². The molecule has 3 nitrogen and oxygen atoms in total. The number of thiophene rings is 1. The van der Waals surface area contributed by atoms with Crippen molar-refractivity contribution < 1.29 is 0 Å². The number of nitrogens with zero attached hydrogens (tertiary/aromatic N) is 2.